The zero-order valence-electron chi connectivity index (χ0n) is 10.3. The van der Waals surface area contributed by atoms with Crippen molar-refractivity contribution in [3.8, 4) is 0 Å². The third kappa shape index (κ3) is 3.37. The minimum atomic E-state index is 0.508. The number of nitrogens with zero attached hydrogens (tertiary/aromatic N) is 2. The smallest absolute Gasteiger partial charge is 0.188 e. The number of thioether (sulfide) groups is 1. The van der Waals surface area contributed by atoms with Gasteiger partial charge in [-0.15, -0.1) is 0 Å². The van der Waals surface area contributed by atoms with Crippen LogP contribution in [-0.2, 0) is 6.54 Å². The fourth-order valence-corrected chi connectivity index (χ4v) is 2.04. The van der Waals surface area contributed by atoms with Gasteiger partial charge in [-0.25, -0.2) is 9.97 Å². The van der Waals surface area contributed by atoms with Crippen LogP contribution in [-0.4, -0.2) is 16.2 Å². The number of nitrogens with one attached hydrogen (secondary N) is 1. The summed E-state index contributed by atoms with van der Waals surface area (Å²) >= 11 is 7.58. The fourth-order valence-electron chi connectivity index (χ4n) is 1.46. The zero-order valence-corrected chi connectivity index (χ0v) is 11.8. The summed E-state index contributed by atoms with van der Waals surface area (Å²) in [6.45, 7) is 2.69. The molecule has 3 nitrogen and oxygen atoms in total. The molecule has 94 valence electrons. The molecular weight excluding hydrogens is 266 g/mol. The van der Waals surface area contributed by atoms with Gasteiger partial charge in [-0.05, 0) is 25.3 Å². The number of hydrogen-bond donors (Lipinski definition) is 1. The molecule has 0 spiro atoms. The lowest BCUT2D eigenvalue weighted by Gasteiger charge is -2.08. The predicted octanol–water partition coefficient (Wildman–Crippen LogP) is 3.77. The predicted molar refractivity (Wildman–Crippen MR) is 77.3 cm³/mol. The van der Waals surface area contributed by atoms with Crippen molar-refractivity contribution in [3.63, 3.8) is 0 Å². The van der Waals surface area contributed by atoms with Crippen molar-refractivity contribution in [1.82, 2.24) is 9.97 Å². The molecule has 0 aliphatic carbocycles. The third-order valence-corrected chi connectivity index (χ3v) is 3.40. The standard InChI is InChI=1S/C13H14ClN3S/c1-9-3-5-11(6-4-9)15-7-10-8-16-13(18-2)17-12(10)14/h3-6,8,15H,7H2,1-2H3. The Hall–Kier alpha value is -1.26. The summed E-state index contributed by atoms with van der Waals surface area (Å²) in [5, 5.41) is 4.50. The summed E-state index contributed by atoms with van der Waals surface area (Å²) in [6.07, 6.45) is 3.69. The molecule has 5 heteroatoms. The lowest BCUT2D eigenvalue weighted by Crippen LogP contribution is -2.02. The van der Waals surface area contributed by atoms with Crippen molar-refractivity contribution in [2.75, 3.05) is 11.6 Å². The molecule has 2 aromatic rings. The van der Waals surface area contributed by atoms with Crippen LogP contribution in [0.4, 0.5) is 5.69 Å². The Morgan fingerprint density at radius 3 is 2.61 bits per heavy atom. The summed E-state index contributed by atoms with van der Waals surface area (Å²) in [5.74, 6) is 0. The maximum atomic E-state index is 6.10. The first-order valence-electron chi connectivity index (χ1n) is 5.55. The van der Waals surface area contributed by atoms with Gasteiger partial charge in [0.05, 0.1) is 0 Å². The van der Waals surface area contributed by atoms with Crippen LogP contribution in [0, 0.1) is 6.92 Å². The highest BCUT2D eigenvalue weighted by atomic mass is 35.5. The molecule has 0 amide bonds. The van der Waals surface area contributed by atoms with Crippen LogP contribution < -0.4 is 5.32 Å². The number of anilines is 1. The Morgan fingerprint density at radius 1 is 1.28 bits per heavy atom. The Bertz CT molecular complexity index is 528. The molecule has 0 aliphatic heterocycles. The topological polar surface area (TPSA) is 37.8 Å². The Kier molecular flexibility index (Phi) is 4.44. The lowest BCUT2D eigenvalue weighted by molar-refractivity contribution is 0.931. The average molecular weight is 280 g/mol. The van der Waals surface area contributed by atoms with Crippen molar-refractivity contribution >= 4 is 29.1 Å². The number of hydrogen-bond acceptors (Lipinski definition) is 4. The van der Waals surface area contributed by atoms with E-state index in [1.54, 1.807) is 6.20 Å². The van der Waals surface area contributed by atoms with Crippen LogP contribution in [0.25, 0.3) is 0 Å². The van der Waals surface area contributed by atoms with Crippen LogP contribution in [0.5, 0.6) is 0 Å². The Morgan fingerprint density at radius 2 is 2.00 bits per heavy atom. The van der Waals surface area contributed by atoms with E-state index in [1.807, 2.05) is 18.4 Å². The molecule has 0 radical (unpaired) electrons. The SMILES string of the molecule is CSc1ncc(CNc2ccc(C)cc2)c(Cl)n1. The van der Waals surface area contributed by atoms with E-state index in [9.17, 15) is 0 Å². The van der Waals surface area contributed by atoms with Gasteiger partial charge in [0.1, 0.15) is 5.15 Å². The van der Waals surface area contributed by atoms with Crippen LogP contribution in [0.1, 0.15) is 11.1 Å². The van der Waals surface area contributed by atoms with Crippen LogP contribution >= 0.6 is 23.4 Å². The lowest BCUT2D eigenvalue weighted by atomic mass is 10.2. The largest absolute Gasteiger partial charge is 0.381 e. The monoisotopic (exact) mass is 279 g/mol. The molecule has 1 N–H and O–H groups in total. The Balaban J connectivity index is 2.04. The van der Waals surface area contributed by atoms with Crippen LogP contribution in [0.3, 0.4) is 0 Å². The maximum absolute atomic E-state index is 6.10. The summed E-state index contributed by atoms with van der Waals surface area (Å²) < 4.78 is 0. The fraction of sp³-hybridized carbons (Fsp3) is 0.231. The van der Waals surface area contributed by atoms with Crippen LogP contribution in [0.15, 0.2) is 35.6 Å². The molecule has 18 heavy (non-hydrogen) atoms. The molecule has 0 atom stereocenters. The number of benzene rings is 1. The first-order valence-corrected chi connectivity index (χ1v) is 7.15. The summed E-state index contributed by atoms with van der Waals surface area (Å²) in [4.78, 5) is 8.41. The van der Waals surface area contributed by atoms with Gasteiger partial charge < -0.3 is 5.32 Å². The highest BCUT2D eigenvalue weighted by Crippen LogP contribution is 2.18. The summed E-state index contributed by atoms with van der Waals surface area (Å²) in [5.41, 5.74) is 3.20. The third-order valence-electron chi connectivity index (χ3n) is 2.51. The Labute approximate surface area is 116 Å². The number of halogens is 1. The minimum Gasteiger partial charge on any atom is -0.381 e. The summed E-state index contributed by atoms with van der Waals surface area (Å²) in [6, 6.07) is 8.22. The highest BCUT2D eigenvalue weighted by molar-refractivity contribution is 7.98. The molecule has 0 unspecified atom stereocenters. The van der Waals surface area contributed by atoms with Crippen molar-refractivity contribution < 1.29 is 0 Å². The minimum absolute atomic E-state index is 0.508. The molecule has 1 heterocycles. The van der Waals surface area contributed by atoms with Crippen molar-refractivity contribution in [1.29, 1.82) is 0 Å². The van der Waals surface area contributed by atoms with E-state index in [4.69, 9.17) is 11.6 Å². The molecule has 2 rings (SSSR count). The van der Waals surface area contributed by atoms with Gasteiger partial charge in [-0.1, -0.05) is 41.1 Å². The number of aromatic nitrogens is 2. The van der Waals surface area contributed by atoms with E-state index >= 15 is 0 Å². The first-order chi connectivity index (χ1) is 8.69. The van der Waals surface area contributed by atoms with Gasteiger partial charge in [0.2, 0.25) is 0 Å². The normalized spacial score (nSPS) is 10.4. The molecule has 0 bridgehead atoms. The van der Waals surface area contributed by atoms with E-state index in [0.717, 1.165) is 11.3 Å². The summed E-state index contributed by atoms with van der Waals surface area (Å²) in [7, 11) is 0. The molecule has 0 saturated heterocycles. The van der Waals surface area contributed by atoms with Gasteiger partial charge in [0, 0.05) is 24.0 Å². The van der Waals surface area contributed by atoms with Gasteiger partial charge >= 0.3 is 0 Å². The van der Waals surface area contributed by atoms with Crippen molar-refractivity contribution in [2.24, 2.45) is 0 Å². The van der Waals surface area contributed by atoms with Gasteiger partial charge in [-0.3, -0.25) is 0 Å². The molecule has 0 aliphatic rings. The van der Waals surface area contributed by atoms with E-state index in [0.29, 0.717) is 16.9 Å². The number of rotatable bonds is 4. The van der Waals surface area contributed by atoms with Crippen molar-refractivity contribution in [3.05, 3.63) is 46.7 Å². The number of aryl methyl sites for hydroxylation is 1. The molecular formula is C13H14ClN3S. The quantitative estimate of drug-likeness (QED) is 0.525. The van der Waals surface area contributed by atoms with E-state index < -0.39 is 0 Å². The molecule has 1 aromatic heterocycles. The average Bonchev–Trinajstić information content (AvgIpc) is 2.39. The second kappa shape index (κ2) is 6.07. The second-order valence-electron chi connectivity index (χ2n) is 3.89. The van der Waals surface area contributed by atoms with Gasteiger partial charge in [0.15, 0.2) is 5.16 Å². The van der Waals surface area contributed by atoms with Crippen molar-refractivity contribution in [2.45, 2.75) is 18.6 Å². The molecule has 0 saturated carbocycles. The highest BCUT2D eigenvalue weighted by Gasteiger charge is 2.04. The van der Waals surface area contributed by atoms with Crippen LogP contribution in [0.2, 0.25) is 5.15 Å². The van der Waals surface area contributed by atoms with Gasteiger partial charge in [-0.2, -0.15) is 0 Å². The van der Waals surface area contributed by atoms with E-state index in [1.165, 1.54) is 17.3 Å². The van der Waals surface area contributed by atoms with E-state index in [-0.39, 0.29) is 0 Å². The molecule has 0 fully saturated rings. The maximum Gasteiger partial charge on any atom is 0.188 e. The van der Waals surface area contributed by atoms with E-state index in [2.05, 4.69) is 34.3 Å². The van der Waals surface area contributed by atoms with Gasteiger partial charge in [0.25, 0.3) is 0 Å². The molecule has 1 aromatic carbocycles. The first kappa shape index (κ1) is 13.2. The zero-order chi connectivity index (χ0) is 13.0. The second-order valence-corrected chi connectivity index (χ2v) is 5.02.